The SMILES string of the molecule is Cc1cc(N(C)C)cc(C(=O)O)c1C=O. The first-order chi connectivity index (χ1) is 6.97. The van der Waals surface area contributed by atoms with Crippen LogP contribution in [0.25, 0.3) is 0 Å². The Morgan fingerprint density at radius 3 is 2.40 bits per heavy atom. The Kier molecular flexibility index (Phi) is 3.09. The van der Waals surface area contributed by atoms with Gasteiger partial charge in [0.15, 0.2) is 6.29 Å². The van der Waals surface area contributed by atoms with Crippen molar-refractivity contribution in [2.24, 2.45) is 0 Å². The Bertz CT molecular complexity index is 411. The number of carboxylic acid groups (broad SMARTS) is 1. The van der Waals surface area contributed by atoms with Crippen LogP contribution in [-0.2, 0) is 0 Å². The van der Waals surface area contributed by atoms with Gasteiger partial charge in [0.25, 0.3) is 0 Å². The molecule has 1 aromatic rings. The van der Waals surface area contributed by atoms with Gasteiger partial charge in [0, 0.05) is 25.3 Å². The van der Waals surface area contributed by atoms with Crippen molar-refractivity contribution in [1.82, 2.24) is 0 Å². The zero-order chi connectivity index (χ0) is 11.6. The maximum Gasteiger partial charge on any atom is 0.336 e. The Morgan fingerprint density at radius 2 is 2.00 bits per heavy atom. The van der Waals surface area contributed by atoms with Crippen molar-refractivity contribution in [2.75, 3.05) is 19.0 Å². The largest absolute Gasteiger partial charge is 0.478 e. The summed E-state index contributed by atoms with van der Waals surface area (Å²) in [5.41, 5.74) is 1.74. The smallest absolute Gasteiger partial charge is 0.336 e. The molecule has 0 aliphatic rings. The second-order valence-electron chi connectivity index (χ2n) is 3.54. The van der Waals surface area contributed by atoms with Crippen molar-refractivity contribution >= 4 is 17.9 Å². The van der Waals surface area contributed by atoms with Crippen molar-refractivity contribution in [3.05, 3.63) is 28.8 Å². The summed E-state index contributed by atoms with van der Waals surface area (Å²) in [5.74, 6) is -1.08. The predicted molar refractivity (Wildman–Crippen MR) is 57.9 cm³/mol. The summed E-state index contributed by atoms with van der Waals surface area (Å²) in [6, 6.07) is 3.29. The van der Waals surface area contributed by atoms with E-state index in [0.29, 0.717) is 11.8 Å². The highest BCUT2D eigenvalue weighted by molar-refractivity contribution is 5.99. The molecule has 1 aromatic carbocycles. The molecule has 0 spiro atoms. The van der Waals surface area contributed by atoms with E-state index < -0.39 is 5.97 Å². The molecule has 0 saturated carbocycles. The van der Waals surface area contributed by atoms with Crippen LogP contribution in [0, 0.1) is 6.92 Å². The molecule has 4 nitrogen and oxygen atoms in total. The van der Waals surface area contributed by atoms with E-state index in [0.717, 1.165) is 5.69 Å². The lowest BCUT2D eigenvalue weighted by atomic mass is 10.0. The van der Waals surface area contributed by atoms with Gasteiger partial charge in [-0.25, -0.2) is 4.79 Å². The van der Waals surface area contributed by atoms with Crippen LogP contribution in [-0.4, -0.2) is 31.5 Å². The highest BCUT2D eigenvalue weighted by Crippen LogP contribution is 2.21. The third-order valence-corrected chi connectivity index (χ3v) is 2.24. The quantitative estimate of drug-likeness (QED) is 0.764. The van der Waals surface area contributed by atoms with Gasteiger partial charge in [-0.1, -0.05) is 0 Å². The molecule has 1 rings (SSSR count). The standard InChI is InChI=1S/C11H13NO3/c1-7-4-8(12(2)3)5-9(11(14)15)10(7)6-13/h4-6H,1-3H3,(H,14,15). The van der Waals surface area contributed by atoms with Gasteiger partial charge in [-0.3, -0.25) is 4.79 Å². The summed E-state index contributed by atoms with van der Waals surface area (Å²) in [7, 11) is 3.64. The molecule has 0 atom stereocenters. The van der Waals surface area contributed by atoms with Crippen LogP contribution >= 0.6 is 0 Å². The second-order valence-corrected chi connectivity index (χ2v) is 3.54. The van der Waals surface area contributed by atoms with Crippen LogP contribution in [0.4, 0.5) is 5.69 Å². The molecule has 0 bridgehead atoms. The van der Waals surface area contributed by atoms with Gasteiger partial charge in [0.2, 0.25) is 0 Å². The first kappa shape index (κ1) is 11.2. The first-order valence-corrected chi connectivity index (χ1v) is 4.47. The molecule has 0 heterocycles. The molecule has 0 aliphatic heterocycles. The van der Waals surface area contributed by atoms with Crippen molar-refractivity contribution in [3.63, 3.8) is 0 Å². The van der Waals surface area contributed by atoms with Crippen LogP contribution < -0.4 is 4.90 Å². The van der Waals surface area contributed by atoms with E-state index in [9.17, 15) is 9.59 Å². The number of benzene rings is 1. The second kappa shape index (κ2) is 4.13. The van der Waals surface area contributed by atoms with Crippen LogP contribution in [0.15, 0.2) is 12.1 Å². The summed E-state index contributed by atoms with van der Waals surface area (Å²) in [4.78, 5) is 23.5. The molecule has 0 amide bonds. The van der Waals surface area contributed by atoms with Crippen molar-refractivity contribution < 1.29 is 14.7 Å². The van der Waals surface area contributed by atoms with Gasteiger partial charge in [0.1, 0.15) is 0 Å². The zero-order valence-electron chi connectivity index (χ0n) is 8.94. The van der Waals surface area contributed by atoms with Gasteiger partial charge >= 0.3 is 5.97 Å². The molecule has 4 heteroatoms. The molecule has 0 fully saturated rings. The van der Waals surface area contributed by atoms with E-state index in [1.54, 1.807) is 17.9 Å². The van der Waals surface area contributed by atoms with E-state index in [1.165, 1.54) is 6.07 Å². The number of carbonyl (C=O) groups is 2. The number of aromatic carboxylic acids is 1. The molecular weight excluding hydrogens is 194 g/mol. The minimum atomic E-state index is -1.08. The molecule has 1 N–H and O–H groups in total. The summed E-state index contributed by atoms with van der Waals surface area (Å²) < 4.78 is 0. The fraction of sp³-hybridized carbons (Fsp3) is 0.273. The highest BCUT2D eigenvalue weighted by Gasteiger charge is 2.14. The Balaban J connectivity index is 3.45. The Hall–Kier alpha value is -1.84. The monoisotopic (exact) mass is 207 g/mol. The van der Waals surface area contributed by atoms with Gasteiger partial charge in [-0.2, -0.15) is 0 Å². The topological polar surface area (TPSA) is 57.6 Å². The number of carbonyl (C=O) groups excluding carboxylic acids is 1. The fourth-order valence-corrected chi connectivity index (χ4v) is 1.37. The zero-order valence-corrected chi connectivity index (χ0v) is 8.94. The minimum absolute atomic E-state index is 0.0497. The minimum Gasteiger partial charge on any atom is -0.478 e. The van der Waals surface area contributed by atoms with E-state index in [4.69, 9.17) is 5.11 Å². The summed E-state index contributed by atoms with van der Waals surface area (Å²) >= 11 is 0. The van der Waals surface area contributed by atoms with Crippen molar-refractivity contribution in [2.45, 2.75) is 6.92 Å². The molecule has 0 unspecified atom stereocenters. The molecule has 0 aromatic heterocycles. The van der Waals surface area contributed by atoms with Crippen LogP contribution in [0.2, 0.25) is 0 Å². The Morgan fingerprint density at radius 1 is 1.40 bits per heavy atom. The van der Waals surface area contributed by atoms with Gasteiger partial charge < -0.3 is 10.0 Å². The van der Waals surface area contributed by atoms with Crippen molar-refractivity contribution in [1.29, 1.82) is 0 Å². The maximum absolute atomic E-state index is 10.9. The van der Waals surface area contributed by atoms with E-state index in [2.05, 4.69) is 0 Å². The number of rotatable bonds is 3. The van der Waals surface area contributed by atoms with Crippen LogP contribution in [0.3, 0.4) is 0 Å². The Labute approximate surface area is 88.1 Å². The molecule has 0 aliphatic carbocycles. The average Bonchev–Trinajstić information content (AvgIpc) is 2.16. The van der Waals surface area contributed by atoms with E-state index in [-0.39, 0.29) is 11.1 Å². The van der Waals surface area contributed by atoms with Gasteiger partial charge in [-0.15, -0.1) is 0 Å². The number of hydrogen-bond donors (Lipinski definition) is 1. The lowest BCUT2D eigenvalue weighted by Gasteiger charge is -2.15. The van der Waals surface area contributed by atoms with E-state index >= 15 is 0 Å². The molecule has 0 saturated heterocycles. The van der Waals surface area contributed by atoms with Crippen LogP contribution in [0.1, 0.15) is 26.3 Å². The summed E-state index contributed by atoms with van der Waals surface area (Å²) in [5, 5.41) is 8.95. The number of anilines is 1. The normalized spacial score (nSPS) is 9.80. The average molecular weight is 207 g/mol. The number of aldehydes is 1. The fourth-order valence-electron chi connectivity index (χ4n) is 1.37. The predicted octanol–water partition coefficient (Wildman–Crippen LogP) is 1.57. The van der Waals surface area contributed by atoms with Gasteiger partial charge in [0.05, 0.1) is 5.56 Å². The number of nitrogens with zero attached hydrogens (tertiary/aromatic N) is 1. The van der Waals surface area contributed by atoms with Gasteiger partial charge in [-0.05, 0) is 24.6 Å². The molecular formula is C11H13NO3. The van der Waals surface area contributed by atoms with Crippen molar-refractivity contribution in [3.8, 4) is 0 Å². The molecule has 80 valence electrons. The number of aryl methyl sites for hydroxylation is 1. The van der Waals surface area contributed by atoms with Crippen LogP contribution in [0.5, 0.6) is 0 Å². The number of carboxylic acids is 1. The molecule has 0 radical (unpaired) electrons. The number of hydrogen-bond acceptors (Lipinski definition) is 3. The summed E-state index contributed by atoms with van der Waals surface area (Å²) in [6.07, 6.45) is 0.582. The first-order valence-electron chi connectivity index (χ1n) is 4.47. The lowest BCUT2D eigenvalue weighted by molar-refractivity contribution is 0.0694. The third-order valence-electron chi connectivity index (χ3n) is 2.24. The third kappa shape index (κ3) is 2.15. The maximum atomic E-state index is 10.9. The van der Waals surface area contributed by atoms with E-state index in [1.807, 2.05) is 14.1 Å². The lowest BCUT2D eigenvalue weighted by Crippen LogP contribution is -2.12. The summed E-state index contributed by atoms with van der Waals surface area (Å²) in [6.45, 7) is 1.73. The molecule has 15 heavy (non-hydrogen) atoms. The highest BCUT2D eigenvalue weighted by atomic mass is 16.4.